The van der Waals surface area contributed by atoms with Gasteiger partial charge in [0.15, 0.2) is 18.5 Å². The molecule has 1 saturated heterocycles. The molecule has 0 aromatic heterocycles. The van der Waals surface area contributed by atoms with Gasteiger partial charge >= 0.3 is 17.9 Å². The van der Waals surface area contributed by atoms with Crippen LogP contribution in [0.1, 0.15) is 51.8 Å². The van der Waals surface area contributed by atoms with E-state index in [1.165, 1.54) is 48.5 Å². The predicted molar refractivity (Wildman–Crippen MR) is 160 cm³/mol. The number of aliphatic hydroxyl groups is 1. The number of hydrogen-bond donors (Lipinski definition) is 1. The van der Waals surface area contributed by atoms with Gasteiger partial charge in [-0.3, -0.25) is 14.5 Å². The largest absolute Gasteiger partial charge is 0.459 e. The molecule has 0 bridgehead atoms. The van der Waals surface area contributed by atoms with Gasteiger partial charge in [-0.25, -0.2) is 14.4 Å². The highest BCUT2D eigenvalue weighted by atomic mass is 16.7. The summed E-state index contributed by atoms with van der Waals surface area (Å²) < 4.78 is 23.1. The molecule has 1 fully saturated rings. The van der Waals surface area contributed by atoms with Crippen LogP contribution in [0.15, 0.2) is 115 Å². The van der Waals surface area contributed by atoms with Crippen LogP contribution in [-0.2, 0) is 18.9 Å². The van der Waals surface area contributed by atoms with Crippen molar-refractivity contribution < 1.29 is 48.0 Å². The Labute approximate surface area is 262 Å². The molecule has 0 spiro atoms. The van der Waals surface area contributed by atoms with Crippen LogP contribution in [0.2, 0.25) is 0 Å². The Kier molecular flexibility index (Phi) is 8.68. The van der Waals surface area contributed by atoms with Gasteiger partial charge in [-0.1, -0.05) is 66.7 Å². The number of hydrogen-bond acceptors (Lipinski definition) is 10. The Morgan fingerprint density at radius 3 is 1.50 bits per heavy atom. The van der Waals surface area contributed by atoms with E-state index in [1.54, 1.807) is 66.7 Å². The smallest absolute Gasteiger partial charge is 0.338 e. The number of fused-ring (bicyclic) bond motifs is 1. The molecule has 6 rings (SSSR count). The number of carbonyl (C=O) groups is 5. The van der Waals surface area contributed by atoms with Crippen LogP contribution < -0.4 is 0 Å². The molecule has 0 radical (unpaired) electrons. The summed E-state index contributed by atoms with van der Waals surface area (Å²) in [5, 5.41) is 11.4. The second-order valence-electron chi connectivity index (χ2n) is 10.5. The van der Waals surface area contributed by atoms with Gasteiger partial charge in [0.05, 0.1) is 27.8 Å². The lowest BCUT2D eigenvalue weighted by Crippen LogP contribution is -2.67. The number of benzene rings is 4. The van der Waals surface area contributed by atoms with Gasteiger partial charge in [0.1, 0.15) is 18.8 Å². The molecule has 1 N–H and O–H groups in total. The maximum atomic E-state index is 13.6. The van der Waals surface area contributed by atoms with Gasteiger partial charge in [0.2, 0.25) is 0 Å². The molecule has 11 heteroatoms. The normalized spacial score (nSPS) is 22.1. The SMILES string of the molecule is O=C(OCC1O[C@@H](O)C(N2C(=O)c3ccccc3C2=O)C(OC(=O)c2ccccc2)[C@@H]1OC(=O)c1ccccc1)c1ccccc1. The molecule has 3 unspecified atom stereocenters. The lowest BCUT2D eigenvalue weighted by molar-refractivity contribution is -0.262. The molecule has 2 amide bonds. The van der Waals surface area contributed by atoms with Crippen LogP contribution in [0.4, 0.5) is 0 Å². The average molecular weight is 622 g/mol. The Bertz CT molecular complexity index is 1730. The zero-order valence-electron chi connectivity index (χ0n) is 24.1. The van der Waals surface area contributed by atoms with Crippen LogP contribution in [0.5, 0.6) is 0 Å². The number of esters is 3. The van der Waals surface area contributed by atoms with Crippen molar-refractivity contribution in [3.8, 4) is 0 Å². The highest BCUT2D eigenvalue weighted by molar-refractivity contribution is 6.21. The van der Waals surface area contributed by atoms with E-state index < -0.39 is 67.0 Å². The summed E-state index contributed by atoms with van der Waals surface area (Å²) in [5.41, 5.74) is 0.630. The number of rotatable bonds is 8. The van der Waals surface area contributed by atoms with Gasteiger partial charge in [-0.2, -0.15) is 0 Å². The van der Waals surface area contributed by atoms with Crippen LogP contribution in [0.3, 0.4) is 0 Å². The first-order valence-corrected chi connectivity index (χ1v) is 14.4. The van der Waals surface area contributed by atoms with Crippen molar-refractivity contribution >= 4 is 29.7 Å². The van der Waals surface area contributed by atoms with Crippen LogP contribution in [0.25, 0.3) is 0 Å². The van der Waals surface area contributed by atoms with Crippen molar-refractivity contribution in [3.05, 3.63) is 143 Å². The van der Waals surface area contributed by atoms with Gasteiger partial charge in [0.25, 0.3) is 11.8 Å². The van der Waals surface area contributed by atoms with Crippen molar-refractivity contribution in [2.24, 2.45) is 0 Å². The van der Waals surface area contributed by atoms with Gasteiger partial charge < -0.3 is 24.1 Å². The summed E-state index contributed by atoms with van der Waals surface area (Å²) in [6.45, 7) is -0.550. The number of imide groups is 1. The molecule has 0 saturated carbocycles. The average Bonchev–Trinajstić information content (AvgIpc) is 3.34. The van der Waals surface area contributed by atoms with E-state index >= 15 is 0 Å². The summed E-state index contributed by atoms with van der Waals surface area (Å²) >= 11 is 0. The third-order valence-corrected chi connectivity index (χ3v) is 7.65. The molecule has 4 aromatic carbocycles. The molecule has 2 heterocycles. The van der Waals surface area contributed by atoms with Gasteiger partial charge in [-0.05, 0) is 48.5 Å². The highest BCUT2D eigenvalue weighted by Crippen LogP contribution is 2.35. The first kappa shape index (κ1) is 30.4. The molecule has 5 atom stereocenters. The highest BCUT2D eigenvalue weighted by Gasteiger charge is 2.57. The Morgan fingerprint density at radius 1 is 0.609 bits per heavy atom. The zero-order valence-corrected chi connectivity index (χ0v) is 24.1. The third-order valence-electron chi connectivity index (χ3n) is 7.65. The quantitative estimate of drug-likeness (QED) is 0.176. The second kappa shape index (κ2) is 13.1. The summed E-state index contributed by atoms with van der Waals surface area (Å²) in [6, 6.07) is 28.3. The predicted octanol–water partition coefficient (Wildman–Crippen LogP) is 3.68. The van der Waals surface area contributed by atoms with Gasteiger partial charge in [0, 0.05) is 0 Å². The van der Waals surface area contributed by atoms with E-state index in [4.69, 9.17) is 18.9 Å². The first-order chi connectivity index (χ1) is 22.3. The van der Waals surface area contributed by atoms with Gasteiger partial charge in [-0.15, -0.1) is 0 Å². The van der Waals surface area contributed by atoms with Crippen molar-refractivity contribution in [1.82, 2.24) is 4.90 Å². The van der Waals surface area contributed by atoms with Crippen molar-refractivity contribution in [2.75, 3.05) is 6.61 Å². The summed E-state index contributed by atoms with van der Waals surface area (Å²) in [4.78, 5) is 67.6. The minimum atomic E-state index is -1.94. The number of amides is 2. The van der Waals surface area contributed by atoms with Crippen molar-refractivity contribution in [2.45, 2.75) is 30.6 Å². The van der Waals surface area contributed by atoms with E-state index in [1.807, 2.05) is 0 Å². The molecule has 2 aliphatic heterocycles. The molecule has 232 valence electrons. The molecule has 46 heavy (non-hydrogen) atoms. The fourth-order valence-corrected chi connectivity index (χ4v) is 5.42. The first-order valence-electron chi connectivity index (χ1n) is 14.4. The van der Waals surface area contributed by atoms with E-state index in [0.717, 1.165) is 4.90 Å². The number of nitrogens with zero attached hydrogens (tertiary/aromatic N) is 1. The molecular formula is C35H27NO10. The monoisotopic (exact) mass is 621 g/mol. The van der Waals surface area contributed by atoms with Crippen LogP contribution in [0, 0.1) is 0 Å². The van der Waals surface area contributed by atoms with E-state index in [9.17, 15) is 29.1 Å². The van der Waals surface area contributed by atoms with Crippen molar-refractivity contribution in [3.63, 3.8) is 0 Å². The fraction of sp³-hybridized carbons (Fsp3) is 0.171. The number of carbonyl (C=O) groups excluding carboxylic acids is 5. The van der Waals surface area contributed by atoms with Crippen LogP contribution in [-0.4, -0.2) is 77.0 Å². The molecule has 11 nitrogen and oxygen atoms in total. The summed E-state index contributed by atoms with van der Waals surface area (Å²) in [7, 11) is 0. The van der Waals surface area contributed by atoms with Crippen LogP contribution >= 0.6 is 0 Å². The van der Waals surface area contributed by atoms with E-state index in [-0.39, 0.29) is 27.8 Å². The minimum Gasteiger partial charge on any atom is -0.459 e. The molecular weight excluding hydrogens is 594 g/mol. The molecule has 4 aromatic rings. The number of ether oxygens (including phenoxy) is 4. The Morgan fingerprint density at radius 2 is 1.02 bits per heavy atom. The summed E-state index contributed by atoms with van der Waals surface area (Å²) in [6.07, 6.45) is -6.56. The topological polar surface area (TPSA) is 146 Å². The second-order valence-corrected chi connectivity index (χ2v) is 10.5. The fourth-order valence-electron chi connectivity index (χ4n) is 5.42. The lowest BCUT2D eigenvalue weighted by atomic mass is 9.94. The summed E-state index contributed by atoms with van der Waals surface area (Å²) in [5.74, 6) is -4.01. The number of aliphatic hydroxyl groups excluding tert-OH is 1. The third kappa shape index (κ3) is 6.01. The standard InChI is InChI=1S/C35H27NO10/c37-30-24-18-10-11-19-25(24)31(38)36(30)27-29(46-34(41)23-16-8-3-9-17-23)28(45-33(40)22-14-6-2-7-15-22)26(44-35(27)42)20-43-32(39)21-12-4-1-5-13-21/h1-19,26-29,35,42H,20H2/t26?,27?,28-,29?,35-/m1/s1. The minimum absolute atomic E-state index is 0.0737. The van der Waals surface area contributed by atoms with E-state index in [2.05, 4.69) is 0 Å². The molecule has 0 aliphatic carbocycles. The maximum absolute atomic E-state index is 13.6. The zero-order chi connectivity index (χ0) is 32.2. The lowest BCUT2D eigenvalue weighted by Gasteiger charge is -2.45. The Hall–Kier alpha value is -5.65. The maximum Gasteiger partial charge on any atom is 0.338 e. The van der Waals surface area contributed by atoms with Crippen molar-refractivity contribution in [1.29, 1.82) is 0 Å². The van der Waals surface area contributed by atoms with E-state index in [0.29, 0.717) is 0 Å². The Balaban J connectivity index is 1.39. The molecule has 2 aliphatic rings.